The Morgan fingerprint density at radius 2 is 1.81 bits per heavy atom. The number of nitrogens with one attached hydrogen (secondary N) is 1. The minimum absolute atomic E-state index is 0.735. The number of nitriles is 1. The summed E-state index contributed by atoms with van der Waals surface area (Å²) < 4.78 is 0. The molecule has 1 aliphatic carbocycles. The minimum Gasteiger partial charge on any atom is -0.354 e. The predicted molar refractivity (Wildman–Crippen MR) is 89.3 cm³/mol. The number of aryl methyl sites for hydroxylation is 1. The molecule has 0 heterocycles. The zero-order valence-electron chi connectivity index (χ0n) is 12.1. The van der Waals surface area contributed by atoms with Crippen molar-refractivity contribution >= 4 is 23.1 Å². The Labute approximate surface area is 130 Å². The van der Waals surface area contributed by atoms with Gasteiger partial charge in [-0.05, 0) is 61.3 Å². The van der Waals surface area contributed by atoms with Gasteiger partial charge in [0.1, 0.15) is 6.07 Å². The normalized spacial score (nSPS) is 13.3. The topological polar surface area (TPSA) is 35.8 Å². The van der Waals surface area contributed by atoms with Crippen LogP contribution in [0, 0.1) is 11.3 Å². The van der Waals surface area contributed by atoms with E-state index in [9.17, 15) is 5.26 Å². The van der Waals surface area contributed by atoms with E-state index >= 15 is 0 Å². The monoisotopic (exact) mass is 294 g/mol. The van der Waals surface area contributed by atoms with Crippen molar-refractivity contribution in [2.45, 2.75) is 30.6 Å². The summed E-state index contributed by atoms with van der Waals surface area (Å²) >= 11 is 1.61. The Morgan fingerprint density at radius 1 is 1.05 bits per heavy atom. The lowest BCUT2D eigenvalue weighted by atomic mass is 9.90. The number of fused-ring (bicyclic) bond motifs is 1. The summed E-state index contributed by atoms with van der Waals surface area (Å²) in [5.41, 5.74) is 5.66. The average Bonchev–Trinajstić information content (AvgIpc) is 2.55. The molecule has 0 aliphatic heterocycles. The molecular formula is C18H18N2S. The van der Waals surface area contributed by atoms with Gasteiger partial charge in [0.25, 0.3) is 0 Å². The molecule has 0 saturated heterocycles. The maximum atomic E-state index is 9.44. The fourth-order valence-corrected chi connectivity index (χ4v) is 3.54. The fourth-order valence-electron chi connectivity index (χ4n) is 2.96. The SMILES string of the molecule is CSc1cccc(Nc2cccc3c2CCCC3)c1C#N. The van der Waals surface area contributed by atoms with Gasteiger partial charge in [-0.15, -0.1) is 11.8 Å². The lowest BCUT2D eigenvalue weighted by Crippen LogP contribution is -2.06. The van der Waals surface area contributed by atoms with Crippen LogP contribution in [0.3, 0.4) is 0 Å². The van der Waals surface area contributed by atoms with Crippen LogP contribution in [-0.4, -0.2) is 6.26 Å². The summed E-state index contributed by atoms with van der Waals surface area (Å²) in [6, 6.07) is 14.8. The summed E-state index contributed by atoms with van der Waals surface area (Å²) in [5, 5.41) is 12.9. The van der Waals surface area contributed by atoms with E-state index in [-0.39, 0.29) is 0 Å². The summed E-state index contributed by atoms with van der Waals surface area (Å²) in [4.78, 5) is 1.02. The van der Waals surface area contributed by atoms with E-state index in [1.807, 2.05) is 24.5 Å². The number of benzene rings is 2. The van der Waals surface area contributed by atoms with Crippen molar-refractivity contribution in [3.8, 4) is 6.07 Å². The van der Waals surface area contributed by atoms with Crippen LogP contribution in [0.2, 0.25) is 0 Å². The molecule has 21 heavy (non-hydrogen) atoms. The molecule has 1 N–H and O–H groups in total. The third-order valence-electron chi connectivity index (χ3n) is 4.02. The van der Waals surface area contributed by atoms with Crippen LogP contribution in [0.4, 0.5) is 11.4 Å². The van der Waals surface area contributed by atoms with Crippen molar-refractivity contribution in [1.82, 2.24) is 0 Å². The van der Waals surface area contributed by atoms with Gasteiger partial charge in [0, 0.05) is 10.6 Å². The molecule has 0 amide bonds. The molecule has 0 aromatic heterocycles. The van der Waals surface area contributed by atoms with Crippen LogP contribution in [0.1, 0.15) is 29.5 Å². The molecule has 0 fully saturated rings. The lowest BCUT2D eigenvalue weighted by molar-refractivity contribution is 0.687. The highest BCUT2D eigenvalue weighted by atomic mass is 32.2. The van der Waals surface area contributed by atoms with Crippen LogP contribution in [-0.2, 0) is 12.8 Å². The molecule has 0 unspecified atom stereocenters. The zero-order valence-corrected chi connectivity index (χ0v) is 13.0. The first-order valence-electron chi connectivity index (χ1n) is 7.28. The molecular weight excluding hydrogens is 276 g/mol. The lowest BCUT2D eigenvalue weighted by Gasteiger charge is -2.20. The standard InChI is InChI=1S/C18H18N2S/c1-21-18-11-5-10-17(15(18)12-19)20-16-9-4-7-13-6-2-3-8-14(13)16/h4-5,7,9-11,20H,2-3,6,8H2,1H3. The van der Waals surface area contributed by atoms with Crippen LogP contribution >= 0.6 is 11.8 Å². The van der Waals surface area contributed by atoms with Gasteiger partial charge in [-0.25, -0.2) is 0 Å². The molecule has 0 saturated carbocycles. The smallest absolute Gasteiger partial charge is 0.103 e. The molecule has 2 aromatic carbocycles. The highest BCUT2D eigenvalue weighted by Gasteiger charge is 2.14. The van der Waals surface area contributed by atoms with Gasteiger partial charge >= 0.3 is 0 Å². The van der Waals surface area contributed by atoms with Crippen LogP contribution in [0.5, 0.6) is 0 Å². The Morgan fingerprint density at radius 3 is 2.62 bits per heavy atom. The summed E-state index contributed by atoms with van der Waals surface area (Å²) in [5.74, 6) is 0. The maximum Gasteiger partial charge on any atom is 0.103 e. The van der Waals surface area contributed by atoms with Crippen molar-refractivity contribution in [3.63, 3.8) is 0 Å². The summed E-state index contributed by atoms with van der Waals surface area (Å²) in [6.07, 6.45) is 6.83. The van der Waals surface area contributed by atoms with Crippen LogP contribution < -0.4 is 5.32 Å². The molecule has 2 aromatic rings. The Kier molecular flexibility index (Phi) is 4.17. The van der Waals surface area contributed by atoms with Gasteiger partial charge in [-0.2, -0.15) is 5.26 Å². The molecule has 106 valence electrons. The molecule has 1 aliphatic rings. The van der Waals surface area contributed by atoms with Gasteiger partial charge in [0.05, 0.1) is 11.3 Å². The number of hydrogen-bond acceptors (Lipinski definition) is 3. The van der Waals surface area contributed by atoms with Crippen molar-refractivity contribution in [2.24, 2.45) is 0 Å². The summed E-state index contributed by atoms with van der Waals surface area (Å²) in [6.45, 7) is 0. The third kappa shape index (κ3) is 2.77. The van der Waals surface area contributed by atoms with Gasteiger partial charge in [0.2, 0.25) is 0 Å². The largest absolute Gasteiger partial charge is 0.354 e. The Balaban J connectivity index is 2.00. The van der Waals surface area contributed by atoms with E-state index in [2.05, 4.69) is 29.6 Å². The van der Waals surface area contributed by atoms with E-state index in [1.165, 1.54) is 30.4 Å². The van der Waals surface area contributed by atoms with E-state index in [1.54, 1.807) is 11.8 Å². The molecule has 2 nitrogen and oxygen atoms in total. The second kappa shape index (κ2) is 6.24. The van der Waals surface area contributed by atoms with Crippen molar-refractivity contribution in [1.29, 1.82) is 5.26 Å². The molecule has 0 bridgehead atoms. The number of nitrogens with zero attached hydrogens (tertiary/aromatic N) is 1. The average molecular weight is 294 g/mol. The van der Waals surface area contributed by atoms with Gasteiger partial charge in [0.15, 0.2) is 0 Å². The van der Waals surface area contributed by atoms with Crippen molar-refractivity contribution < 1.29 is 0 Å². The second-order valence-corrected chi connectivity index (χ2v) is 6.12. The number of hydrogen-bond donors (Lipinski definition) is 1. The molecule has 0 atom stereocenters. The van der Waals surface area contributed by atoms with Gasteiger partial charge in [-0.1, -0.05) is 18.2 Å². The van der Waals surface area contributed by atoms with E-state index in [0.717, 1.165) is 28.3 Å². The van der Waals surface area contributed by atoms with Crippen molar-refractivity contribution in [2.75, 3.05) is 11.6 Å². The Hall–Kier alpha value is -1.92. The van der Waals surface area contributed by atoms with Crippen LogP contribution in [0.15, 0.2) is 41.3 Å². The van der Waals surface area contributed by atoms with Gasteiger partial charge < -0.3 is 5.32 Å². The molecule has 3 rings (SSSR count). The molecule has 0 radical (unpaired) electrons. The highest BCUT2D eigenvalue weighted by molar-refractivity contribution is 7.98. The first-order valence-corrected chi connectivity index (χ1v) is 8.51. The van der Waals surface area contributed by atoms with E-state index in [0.29, 0.717) is 0 Å². The first kappa shape index (κ1) is 14.0. The number of rotatable bonds is 3. The number of thioether (sulfide) groups is 1. The van der Waals surface area contributed by atoms with Crippen molar-refractivity contribution in [3.05, 3.63) is 53.1 Å². The second-order valence-electron chi connectivity index (χ2n) is 5.27. The highest BCUT2D eigenvalue weighted by Crippen LogP contribution is 2.33. The maximum absolute atomic E-state index is 9.44. The minimum atomic E-state index is 0.735. The van der Waals surface area contributed by atoms with Gasteiger partial charge in [-0.3, -0.25) is 0 Å². The van der Waals surface area contributed by atoms with E-state index < -0.39 is 0 Å². The predicted octanol–water partition coefficient (Wildman–Crippen LogP) is 4.90. The summed E-state index contributed by atoms with van der Waals surface area (Å²) in [7, 11) is 0. The quantitative estimate of drug-likeness (QED) is 0.818. The fraction of sp³-hybridized carbons (Fsp3) is 0.278. The molecule has 0 spiro atoms. The number of anilines is 2. The first-order chi connectivity index (χ1) is 10.3. The van der Waals surface area contributed by atoms with E-state index in [4.69, 9.17) is 0 Å². The third-order valence-corrected chi connectivity index (χ3v) is 4.80. The van der Waals surface area contributed by atoms with Crippen LogP contribution in [0.25, 0.3) is 0 Å². The zero-order chi connectivity index (χ0) is 14.7. The molecule has 3 heteroatoms. The Bertz CT molecular complexity index is 701.